The molecule has 0 aliphatic carbocycles. The zero-order valence-electron chi connectivity index (χ0n) is 15.0. The van der Waals surface area contributed by atoms with Crippen LogP contribution in [0.2, 0.25) is 0 Å². The Labute approximate surface area is 156 Å². The molecule has 3 heterocycles. The SMILES string of the molecule is COc1nn(C)cc1Nc1ccnc(-c2ccc(N3CCNC3=O)cc2)n1. The Kier molecular flexibility index (Phi) is 4.33. The van der Waals surface area contributed by atoms with Crippen LogP contribution < -0.4 is 20.3 Å². The van der Waals surface area contributed by atoms with Crippen LogP contribution in [0.1, 0.15) is 0 Å². The topological polar surface area (TPSA) is 97.2 Å². The third kappa shape index (κ3) is 3.39. The number of carbonyl (C=O) groups is 1. The molecule has 4 rings (SSSR count). The molecule has 27 heavy (non-hydrogen) atoms. The van der Waals surface area contributed by atoms with E-state index in [1.807, 2.05) is 37.5 Å². The van der Waals surface area contributed by atoms with E-state index in [-0.39, 0.29) is 6.03 Å². The molecule has 2 N–H and O–H groups in total. The maximum absolute atomic E-state index is 11.8. The second-order valence-corrected chi connectivity index (χ2v) is 6.05. The number of benzene rings is 1. The lowest BCUT2D eigenvalue weighted by Gasteiger charge is -2.14. The molecule has 0 bridgehead atoms. The molecule has 1 aliphatic rings. The van der Waals surface area contributed by atoms with Crippen molar-refractivity contribution in [3.8, 4) is 17.3 Å². The van der Waals surface area contributed by atoms with Crippen LogP contribution in [0.3, 0.4) is 0 Å². The average Bonchev–Trinajstić information content (AvgIpc) is 3.27. The molecule has 0 spiro atoms. The van der Waals surface area contributed by atoms with Crippen molar-refractivity contribution in [2.45, 2.75) is 0 Å². The smallest absolute Gasteiger partial charge is 0.321 e. The predicted molar refractivity (Wildman–Crippen MR) is 101 cm³/mol. The van der Waals surface area contributed by atoms with Gasteiger partial charge in [-0.15, -0.1) is 5.10 Å². The van der Waals surface area contributed by atoms with Gasteiger partial charge in [0.25, 0.3) is 5.88 Å². The van der Waals surface area contributed by atoms with E-state index in [1.54, 1.807) is 29.0 Å². The first-order chi connectivity index (χ1) is 13.1. The third-order valence-corrected chi connectivity index (χ3v) is 4.20. The lowest BCUT2D eigenvalue weighted by molar-refractivity contribution is 0.252. The van der Waals surface area contributed by atoms with Crippen LogP contribution >= 0.6 is 0 Å². The zero-order chi connectivity index (χ0) is 18.8. The van der Waals surface area contributed by atoms with Crippen molar-refractivity contribution >= 4 is 23.2 Å². The Morgan fingerprint density at radius 2 is 2.04 bits per heavy atom. The first kappa shape index (κ1) is 16.8. The van der Waals surface area contributed by atoms with Crippen LogP contribution in [0, 0.1) is 0 Å². The van der Waals surface area contributed by atoms with Gasteiger partial charge >= 0.3 is 6.03 Å². The van der Waals surface area contributed by atoms with Crippen molar-refractivity contribution in [2.24, 2.45) is 7.05 Å². The fourth-order valence-electron chi connectivity index (χ4n) is 2.92. The summed E-state index contributed by atoms with van der Waals surface area (Å²) in [6.07, 6.45) is 3.51. The summed E-state index contributed by atoms with van der Waals surface area (Å²) in [5, 5.41) is 10.2. The molecule has 1 aliphatic heterocycles. The maximum Gasteiger partial charge on any atom is 0.321 e. The molecule has 2 amide bonds. The minimum Gasteiger partial charge on any atom is -0.478 e. The van der Waals surface area contributed by atoms with Crippen molar-refractivity contribution < 1.29 is 9.53 Å². The molecule has 3 aromatic rings. The van der Waals surface area contributed by atoms with E-state index in [1.165, 1.54) is 0 Å². The number of nitrogens with zero attached hydrogens (tertiary/aromatic N) is 5. The maximum atomic E-state index is 11.8. The number of aromatic nitrogens is 4. The number of amides is 2. The van der Waals surface area contributed by atoms with Crippen LogP contribution in [0.15, 0.2) is 42.7 Å². The zero-order valence-corrected chi connectivity index (χ0v) is 15.0. The van der Waals surface area contributed by atoms with Crippen molar-refractivity contribution in [3.05, 3.63) is 42.7 Å². The van der Waals surface area contributed by atoms with Gasteiger partial charge in [0.2, 0.25) is 0 Å². The molecule has 1 aromatic carbocycles. The lowest BCUT2D eigenvalue weighted by Crippen LogP contribution is -2.27. The lowest BCUT2D eigenvalue weighted by atomic mass is 10.2. The van der Waals surface area contributed by atoms with Crippen molar-refractivity contribution in [1.82, 2.24) is 25.1 Å². The monoisotopic (exact) mass is 365 g/mol. The molecule has 1 saturated heterocycles. The number of carbonyl (C=O) groups excluding carboxylic acids is 1. The number of ether oxygens (including phenoxy) is 1. The van der Waals surface area contributed by atoms with E-state index in [0.717, 1.165) is 16.9 Å². The first-order valence-corrected chi connectivity index (χ1v) is 8.47. The quantitative estimate of drug-likeness (QED) is 0.719. The highest BCUT2D eigenvalue weighted by Crippen LogP contribution is 2.26. The molecule has 0 radical (unpaired) electrons. The number of aryl methyl sites for hydroxylation is 1. The molecule has 2 aromatic heterocycles. The summed E-state index contributed by atoms with van der Waals surface area (Å²) >= 11 is 0. The summed E-state index contributed by atoms with van der Waals surface area (Å²) in [6, 6.07) is 9.31. The van der Waals surface area contributed by atoms with Crippen LogP contribution in [0.4, 0.5) is 22.0 Å². The second-order valence-electron chi connectivity index (χ2n) is 6.05. The van der Waals surface area contributed by atoms with Crippen LogP contribution in [0.25, 0.3) is 11.4 Å². The van der Waals surface area contributed by atoms with Gasteiger partial charge in [-0.25, -0.2) is 14.8 Å². The van der Waals surface area contributed by atoms with Gasteiger partial charge in [0.05, 0.1) is 13.3 Å². The van der Waals surface area contributed by atoms with Gasteiger partial charge in [-0.1, -0.05) is 0 Å². The predicted octanol–water partition coefficient (Wildman–Crippen LogP) is 2.16. The molecular formula is C18H19N7O2. The summed E-state index contributed by atoms with van der Waals surface area (Å²) in [7, 11) is 3.39. The largest absolute Gasteiger partial charge is 0.478 e. The highest BCUT2D eigenvalue weighted by atomic mass is 16.5. The number of rotatable bonds is 5. The molecule has 0 unspecified atom stereocenters. The van der Waals surface area contributed by atoms with E-state index in [2.05, 4.69) is 25.7 Å². The number of anilines is 3. The average molecular weight is 365 g/mol. The second kappa shape index (κ2) is 6.94. The number of hydrogen-bond donors (Lipinski definition) is 2. The number of methoxy groups -OCH3 is 1. The highest BCUT2D eigenvalue weighted by molar-refractivity contribution is 5.94. The molecule has 0 saturated carbocycles. The van der Waals surface area contributed by atoms with Gasteiger partial charge in [-0.2, -0.15) is 0 Å². The summed E-state index contributed by atoms with van der Waals surface area (Å²) in [5.74, 6) is 1.71. The minimum atomic E-state index is -0.0735. The summed E-state index contributed by atoms with van der Waals surface area (Å²) in [6.45, 7) is 1.33. The molecule has 9 nitrogen and oxygen atoms in total. The van der Waals surface area contributed by atoms with E-state index < -0.39 is 0 Å². The van der Waals surface area contributed by atoms with E-state index in [9.17, 15) is 4.79 Å². The molecule has 1 fully saturated rings. The van der Waals surface area contributed by atoms with E-state index >= 15 is 0 Å². The van der Waals surface area contributed by atoms with Crippen molar-refractivity contribution in [1.29, 1.82) is 0 Å². The van der Waals surface area contributed by atoms with Gasteiger partial charge in [0, 0.05) is 37.6 Å². The fourth-order valence-corrected chi connectivity index (χ4v) is 2.92. The number of hydrogen-bond acceptors (Lipinski definition) is 6. The number of nitrogens with one attached hydrogen (secondary N) is 2. The Morgan fingerprint density at radius 1 is 1.22 bits per heavy atom. The van der Waals surface area contributed by atoms with Gasteiger partial charge < -0.3 is 15.4 Å². The molecular weight excluding hydrogens is 346 g/mol. The molecule has 9 heteroatoms. The summed E-state index contributed by atoms with van der Waals surface area (Å²) < 4.78 is 6.91. The van der Waals surface area contributed by atoms with Gasteiger partial charge in [0.1, 0.15) is 11.5 Å². The van der Waals surface area contributed by atoms with E-state index in [4.69, 9.17) is 4.74 Å². The van der Waals surface area contributed by atoms with Crippen LogP contribution in [-0.2, 0) is 7.05 Å². The summed E-state index contributed by atoms with van der Waals surface area (Å²) in [4.78, 5) is 22.4. The van der Waals surface area contributed by atoms with Crippen LogP contribution in [0.5, 0.6) is 5.88 Å². The highest BCUT2D eigenvalue weighted by Gasteiger charge is 2.21. The Balaban J connectivity index is 1.56. The van der Waals surface area contributed by atoms with Gasteiger partial charge in [-0.3, -0.25) is 9.58 Å². The number of urea groups is 1. The normalized spacial score (nSPS) is 13.6. The van der Waals surface area contributed by atoms with Gasteiger partial charge in [-0.05, 0) is 30.3 Å². The Morgan fingerprint density at radius 3 is 2.74 bits per heavy atom. The van der Waals surface area contributed by atoms with Gasteiger partial charge in [0.15, 0.2) is 5.82 Å². The van der Waals surface area contributed by atoms with E-state index in [0.29, 0.717) is 30.6 Å². The summed E-state index contributed by atoms with van der Waals surface area (Å²) in [5.41, 5.74) is 2.43. The van der Waals surface area contributed by atoms with Crippen molar-refractivity contribution in [2.75, 3.05) is 30.4 Å². The molecule has 138 valence electrons. The Bertz CT molecular complexity index is 968. The van der Waals surface area contributed by atoms with Crippen LogP contribution in [-0.4, -0.2) is 46.0 Å². The minimum absolute atomic E-state index is 0.0735. The standard InChI is InChI=1S/C18H19N7O2/c1-24-11-14(17(23-24)27-2)21-15-7-8-19-16(22-15)12-3-5-13(6-4-12)25-10-9-20-18(25)26/h3-8,11H,9-10H2,1-2H3,(H,20,26)(H,19,21,22). The molecule has 0 atom stereocenters. The third-order valence-electron chi connectivity index (χ3n) is 4.20. The Hall–Kier alpha value is -3.62. The first-order valence-electron chi connectivity index (χ1n) is 8.47. The van der Waals surface area contributed by atoms with Crippen molar-refractivity contribution in [3.63, 3.8) is 0 Å². The fraction of sp³-hybridized carbons (Fsp3) is 0.222.